The topological polar surface area (TPSA) is 80.8 Å². The van der Waals surface area contributed by atoms with Gasteiger partial charge < -0.3 is 0 Å². The van der Waals surface area contributed by atoms with Crippen LogP contribution in [0.5, 0.6) is 0 Å². The van der Waals surface area contributed by atoms with Gasteiger partial charge >= 0.3 is 0 Å². The SMILES string of the molecule is C=CC[n+]1ccn(-c2nc3ccccc3nc2NS(=O)(=O)c2ccc(Br)cc2)c1. The molecule has 0 saturated carbocycles. The highest BCUT2D eigenvalue weighted by molar-refractivity contribution is 9.10. The number of hydrogen-bond acceptors (Lipinski definition) is 4. The van der Waals surface area contributed by atoms with Gasteiger partial charge in [0.15, 0.2) is 0 Å². The quantitative estimate of drug-likeness (QED) is 0.345. The Balaban J connectivity index is 1.83. The van der Waals surface area contributed by atoms with Gasteiger partial charge in [-0.05, 0) is 36.4 Å². The molecule has 9 heteroatoms. The summed E-state index contributed by atoms with van der Waals surface area (Å²) in [4.78, 5) is 9.30. The molecule has 1 N–H and O–H groups in total. The van der Waals surface area contributed by atoms with Crippen LogP contribution < -0.4 is 9.29 Å². The normalized spacial score (nSPS) is 11.5. The van der Waals surface area contributed by atoms with Crippen LogP contribution in [0.4, 0.5) is 5.82 Å². The minimum Gasteiger partial charge on any atom is -0.258 e. The molecule has 0 fully saturated rings. The van der Waals surface area contributed by atoms with Gasteiger partial charge in [-0.25, -0.2) is 23.0 Å². The molecule has 0 spiro atoms. The van der Waals surface area contributed by atoms with E-state index in [1.165, 1.54) is 12.1 Å². The minimum atomic E-state index is -3.84. The summed E-state index contributed by atoms with van der Waals surface area (Å²) in [6, 6.07) is 13.7. The summed E-state index contributed by atoms with van der Waals surface area (Å²) < 4.78 is 32.8. The Morgan fingerprint density at radius 2 is 1.79 bits per heavy atom. The molecule has 0 saturated heterocycles. The van der Waals surface area contributed by atoms with Crippen molar-refractivity contribution in [2.45, 2.75) is 11.4 Å². The predicted octanol–water partition coefficient (Wildman–Crippen LogP) is 3.46. The van der Waals surface area contributed by atoms with E-state index in [9.17, 15) is 8.42 Å². The van der Waals surface area contributed by atoms with Crippen LogP contribution in [0.15, 0.2) is 89.3 Å². The highest BCUT2D eigenvalue weighted by Crippen LogP contribution is 2.24. The van der Waals surface area contributed by atoms with Gasteiger partial charge in [-0.2, -0.15) is 4.57 Å². The third kappa shape index (κ3) is 4.06. The Hall–Kier alpha value is -3.04. The van der Waals surface area contributed by atoms with Crippen LogP contribution in [-0.4, -0.2) is 23.0 Å². The molecule has 4 aromatic rings. The Morgan fingerprint density at radius 1 is 1.10 bits per heavy atom. The molecule has 4 rings (SSSR count). The second-order valence-corrected chi connectivity index (χ2v) is 8.85. The lowest BCUT2D eigenvalue weighted by molar-refractivity contribution is -0.686. The van der Waals surface area contributed by atoms with E-state index in [-0.39, 0.29) is 10.7 Å². The average Bonchev–Trinajstić information content (AvgIpc) is 3.16. The first-order valence-electron chi connectivity index (χ1n) is 8.70. The molecular formula is C20H17BrN5O2S+. The van der Waals surface area contributed by atoms with Gasteiger partial charge in [-0.1, -0.05) is 40.7 Å². The molecule has 7 nitrogen and oxygen atoms in total. The van der Waals surface area contributed by atoms with Crippen LogP contribution in [0.2, 0.25) is 0 Å². The molecule has 146 valence electrons. The van der Waals surface area contributed by atoms with Gasteiger partial charge in [0, 0.05) is 4.47 Å². The van der Waals surface area contributed by atoms with Crippen LogP contribution in [0.3, 0.4) is 0 Å². The van der Waals surface area contributed by atoms with Crippen molar-refractivity contribution in [3.8, 4) is 5.82 Å². The van der Waals surface area contributed by atoms with Crippen molar-refractivity contribution in [3.63, 3.8) is 0 Å². The van der Waals surface area contributed by atoms with Gasteiger partial charge in [0.25, 0.3) is 22.2 Å². The van der Waals surface area contributed by atoms with E-state index >= 15 is 0 Å². The molecule has 0 bridgehead atoms. The summed E-state index contributed by atoms with van der Waals surface area (Å²) in [6.45, 7) is 4.35. The van der Waals surface area contributed by atoms with Crippen LogP contribution in [0.1, 0.15) is 0 Å². The van der Waals surface area contributed by atoms with Crippen molar-refractivity contribution in [3.05, 3.63) is 84.4 Å². The number of benzene rings is 2. The van der Waals surface area contributed by atoms with Crippen LogP contribution >= 0.6 is 15.9 Å². The van der Waals surface area contributed by atoms with Crippen molar-refractivity contribution >= 4 is 42.8 Å². The molecule has 2 aromatic carbocycles. The highest BCUT2D eigenvalue weighted by Gasteiger charge is 2.22. The number of aromatic nitrogens is 4. The van der Waals surface area contributed by atoms with Crippen molar-refractivity contribution in [2.75, 3.05) is 4.72 Å². The lowest BCUT2D eigenvalue weighted by atomic mass is 10.3. The maximum Gasteiger partial charge on any atom is 0.270 e. The summed E-state index contributed by atoms with van der Waals surface area (Å²) in [5, 5.41) is 0. The van der Waals surface area contributed by atoms with Crippen LogP contribution in [-0.2, 0) is 16.6 Å². The van der Waals surface area contributed by atoms with E-state index < -0.39 is 10.0 Å². The number of fused-ring (bicyclic) bond motifs is 1. The number of anilines is 1. The molecule has 0 atom stereocenters. The molecule has 0 radical (unpaired) electrons. The number of allylic oxidation sites excluding steroid dienone is 1. The molecule has 2 aromatic heterocycles. The molecule has 29 heavy (non-hydrogen) atoms. The van der Waals surface area contributed by atoms with Gasteiger partial charge in [0.2, 0.25) is 5.82 Å². The number of nitrogens with zero attached hydrogens (tertiary/aromatic N) is 4. The number of sulfonamides is 1. The molecule has 0 aliphatic heterocycles. The third-order valence-corrected chi connectivity index (χ3v) is 6.07. The van der Waals surface area contributed by atoms with Crippen molar-refractivity contribution in [1.82, 2.24) is 14.5 Å². The maximum absolute atomic E-state index is 12.9. The van der Waals surface area contributed by atoms with Gasteiger partial charge in [-0.15, -0.1) is 0 Å². The molecule has 2 heterocycles. The molecule has 0 amide bonds. The second kappa shape index (κ2) is 7.76. The summed E-state index contributed by atoms with van der Waals surface area (Å²) in [5.74, 6) is 0.528. The zero-order valence-electron chi connectivity index (χ0n) is 15.2. The van der Waals surface area contributed by atoms with Crippen molar-refractivity contribution < 1.29 is 13.0 Å². The smallest absolute Gasteiger partial charge is 0.258 e. The summed E-state index contributed by atoms with van der Waals surface area (Å²) in [7, 11) is -3.84. The number of para-hydroxylation sites is 2. The molecular weight excluding hydrogens is 454 g/mol. The van der Waals surface area contributed by atoms with Crippen LogP contribution in [0.25, 0.3) is 16.9 Å². The standard InChI is InChI=1S/C20H17BrN5O2S/c1-2-11-25-12-13-26(14-25)20-19(22-17-5-3-4-6-18(17)23-20)24-29(27,28)16-9-7-15(21)8-10-16/h2-10,12-14H,1,11H2,(H,22,24)/q+1. The predicted molar refractivity (Wildman–Crippen MR) is 114 cm³/mol. The first kappa shape index (κ1) is 19.3. The highest BCUT2D eigenvalue weighted by atomic mass is 79.9. The van der Waals surface area contributed by atoms with Gasteiger partial charge in [0.1, 0.15) is 18.9 Å². The summed E-state index contributed by atoms with van der Waals surface area (Å²) in [6.07, 6.45) is 7.22. The Bertz CT molecular complexity index is 1300. The second-order valence-electron chi connectivity index (χ2n) is 6.25. The van der Waals surface area contributed by atoms with E-state index in [0.29, 0.717) is 23.4 Å². The van der Waals surface area contributed by atoms with E-state index in [4.69, 9.17) is 0 Å². The number of rotatable bonds is 6. The Labute approximate surface area is 176 Å². The fourth-order valence-corrected chi connectivity index (χ4v) is 4.08. The molecule has 0 aliphatic rings. The van der Waals surface area contributed by atoms with E-state index in [2.05, 4.69) is 37.2 Å². The summed E-state index contributed by atoms with van der Waals surface area (Å²) >= 11 is 3.31. The molecule has 0 aliphatic carbocycles. The zero-order valence-corrected chi connectivity index (χ0v) is 17.6. The minimum absolute atomic E-state index is 0.135. The Morgan fingerprint density at radius 3 is 2.48 bits per heavy atom. The monoisotopic (exact) mass is 470 g/mol. The fraction of sp³-hybridized carbons (Fsp3) is 0.0500. The van der Waals surface area contributed by atoms with Gasteiger partial charge in [0.05, 0.1) is 15.9 Å². The van der Waals surface area contributed by atoms with Crippen LogP contribution in [0, 0.1) is 0 Å². The number of hydrogen-bond donors (Lipinski definition) is 1. The first-order chi connectivity index (χ1) is 14.0. The van der Waals surface area contributed by atoms with E-state index in [1.807, 2.05) is 29.0 Å². The number of halogens is 1. The lowest BCUT2D eigenvalue weighted by Crippen LogP contribution is -2.29. The number of imidazole rings is 1. The van der Waals surface area contributed by atoms with Crippen molar-refractivity contribution in [2.24, 2.45) is 0 Å². The average molecular weight is 471 g/mol. The Kier molecular flexibility index (Phi) is 5.16. The third-order valence-electron chi connectivity index (χ3n) is 4.18. The fourth-order valence-electron chi connectivity index (χ4n) is 2.82. The van der Waals surface area contributed by atoms with E-state index in [0.717, 1.165) is 4.47 Å². The maximum atomic E-state index is 12.9. The zero-order chi connectivity index (χ0) is 20.4. The lowest BCUT2D eigenvalue weighted by Gasteiger charge is -2.10. The first-order valence-corrected chi connectivity index (χ1v) is 11.0. The summed E-state index contributed by atoms with van der Waals surface area (Å²) in [5.41, 5.74) is 1.26. The van der Waals surface area contributed by atoms with Crippen molar-refractivity contribution in [1.29, 1.82) is 0 Å². The number of nitrogens with one attached hydrogen (secondary N) is 1. The van der Waals surface area contributed by atoms with E-state index in [1.54, 1.807) is 41.4 Å². The van der Waals surface area contributed by atoms with Gasteiger partial charge in [-0.3, -0.25) is 4.72 Å². The largest absolute Gasteiger partial charge is 0.270 e. The molecule has 0 unspecified atom stereocenters.